The van der Waals surface area contributed by atoms with E-state index in [1.54, 1.807) is 19.3 Å². The minimum Gasteiger partial charge on any atom is -0.477 e. The summed E-state index contributed by atoms with van der Waals surface area (Å²) in [7, 11) is 1.54. The fourth-order valence-corrected chi connectivity index (χ4v) is 2.18. The molecule has 2 rings (SSSR count). The lowest BCUT2D eigenvalue weighted by atomic mass is 9.96. The number of hydrogen-bond acceptors (Lipinski definition) is 2. The number of aromatic carboxylic acids is 1. The summed E-state index contributed by atoms with van der Waals surface area (Å²) in [6.45, 7) is 3.88. The van der Waals surface area contributed by atoms with Crippen molar-refractivity contribution in [2.24, 2.45) is 7.05 Å². The molecule has 0 spiro atoms. The van der Waals surface area contributed by atoms with Gasteiger partial charge in [0, 0.05) is 18.8 Å². The maximum atomic E-state index is 12.0. The molecular weight excluding hydrogens is 242 g/mol. The van der Waals surface area contributed by atoms with Gasteiger partial charge in [-0.2, -0.15) is 0 Å². The van der Waals surface area contributed by atoms with Crippen molar-refractivity contribution < 1.29 is 9.90 Å². The Balaban J connectivity index is 2.79. The van der Waals surface area contributed by atoms with Crippen LogP contribution in [0.3, 0.4) is 0 Å². The molecule has 0 radical (unpaired) electrons. The van der Waals surface area contributed by atoms with Crippen molar-refractivity contribution in [1.29, 1.82) is 0 Å². The summed E-state index contributed by atoms with van der Waals surface area (Å²) < 4.78 is 1.27. The van der Waals surface area contributed by atoms with E-state index in [1.165, 1.54) is 4.57 Å². The Kier molecular flexibility index (Phi) is 3.25. The zero-order valence-electron chi connectivity index (χ0n) is 11.1. The molecule has 98 valence electrons. The van der Waals surface area contributed by atoms with Crippen LogP contribution in [0.1, 0.15) is 21.5 Å². The summed E-state index contributed by atoms with van der Waals surface area (Å²) in [6.07, 6.45) is 1.59. The molecule has 0 atom stereocenters. The molecule has 0 aliphatic carbocycles. The third-order valence-corrected chi connectivity index (χ3v) is 3.15. The van der Waals surface area contributed by atoms with E-state index in [4.69, 9.17) is 0 Å². The van der Waals surface area contributed by atoms with Crippen molar-refractivity contribution in [2.75, 3.05) is 0 Å². The standard InChI is InChI=1S/C15H15NO3/c1-9-4-5-11(10(2)8-9)12-6-7-16(3)14(17)13(12)15(18)19/h4-8H,1-3H3,(H,18,19). The number of aryl methyl sites for hydroxylation is 3. The molecule has 0 aliphatic heterocycles. The van der Waals surface area contributed by atoms with Crippen molar-refractivity contribution >= 4 is 5.97 Å². The smallest absolute Gasteiger partial charge is 0.341 e. The van der Waals surface area contributed by atoms with Gasteiger partial charge in [-0.15, -0.1) is 0 Å². The van der Waals surface area contributed by atoms with Gasteiger partial charge in [0.1, 0.15) is 5.56 Å². The lowest BCUT2D eigenvalue weighted by Crippen LogP contribution is -2.24. The molecule has 4 heteroatoms. The molecule has 0 saturated carbocycles. The second-order valence-corrected chi connectivity index (χ2v) is 4.64. The van der Waals surface area contributed by atoms with Gasteiger partial charge >= 0.3 is 5.97 Å². The molecule has 0 amide bonds. The van der Waals surface area contributed by atoms with Crippen LogP contribution in [0.2, 0.25) is 0 Å². The maximum absolute atomic E-state index is 12.0. The zero-order chi connectivity index (χ0) is 14.2. The predicted octanol–water partition coefficient (Wildman–Crippen LogP) is 2.37. The minimum absolute atomic E-state index is 0.183. The second kappa shape index (κ2) is 4.72. The van der Waals surface area contributed by atoms with E-state index in [0.29, 0.717) is 5.56 Å². The largest absolute Gasteiger partial charge is 0.477 e. The highest BCUT2D eigenvalue weighted by molar-refractivity contribution is 5.96. The summed E-state index contributed by atoms with van der Waals surface area (Å²) in [5.41, 5.74) is 2.62. The number of nitrogens with zero attached hydrogens (tertiary/aromatic N) is 1. The van der Waals surface area contributed by atoms with Crippen molar-refractivity contribution in [3.8, 4) is 11.1 Å². The van der Waals surface area contributed by atoms with E-state index in [-0.39, 0.29) is 5.56 Å². The van der Waals surface area contributed by atoms with Gasteiger partial charge in [0.25, 0.3) is 5.56 Å². The molecule has 0 saturated heterocycles. The minimum atomic E-state index is -1.20. The van der Waals surface area contributed by atoms with E-state index in [9.17, 15) is 14.7 Å². The first kappa shape index (κ1) is 13.1. The lowest BCUT2D eigenvalue weighted by Gasteiger charge is -2.11. The molecule has 1 aromatic heterocycles. The van der Waals surface area contributed by atoms with Crippen LogP contribution in [0.4, 0.5) is 0 Å². The molecular formula is C15H15NO3. The van der Waals surface area contributed by atoms with Crippen LogP contribution in [0.25, 0.3) is 11.1 Å². The summed E-state index contributed by atoms with van der Waals surface area (Å²) in [6, 6.07) is 7.40. The first-order valence-corrected chi connectivity index (χ1v) is 5.92. The Bertz CT molecular complexity index is 714. The normalized spacial score (nSPS) is 10.5. The highest BCUT2D eigenvalue weighted by Crippen LogP contribution is 2.25. The Hall–Kier alpha value is -2.36. The van der Waals surface area contributed by atoms with Crippen LogP contribution in [-0.2, 0) is 7.05 Å². The quantitative estimate of drug-likeness (QED) is 0.898. The van der Waals surface area contributed by atoms with E-state index in [1.807, 2.05) is 32.0 Å². The molecule has 0 bridgehead atoms. The van der Waals surface area contributed by atoms with Crippen LogP contribution >= 0.6 is 0 Å². The van der Waals surface area contributed by atoms with Crippen LogP contribution in [0.15, 0.2) is 35.3 Å². The van der Waals surface area contributed by atoms with Crippen LogP contribution < -0.4 is 5.56 Å². The average molecular weight is 257 g/mol. The third kappa shape index (κ3) is 2.29. The third-order valence-electron chi connectivity index (χ3n) is 3.15. The summed E-state index contributed by atoms with van der Waals surface area (Å²) in [4.78, 5) is 23.3. The molecule has 0 aliphatic rings. The van der Waals surface area contributed by atoms with E-state index in [0.717, 1.165) is 16.7 Å². The molecule has 1 N–H and O–H groups in total. The van der Waals surface area contributed by atoms with Gasteiger partial charge in [-0.25, -0.2) is 4.79 Å². The summed E-state index contributed by atoms with van der Waals surface area (Å²) in [5, 5.41) is 9.26. The van der Waals surface area contributed by atoms with Gasteiger partial charge in [-0.3, -0.25) is 4.79 Å². The van der Waals surface area contributed by atoms with Crippen LogP contribution in [0, 0.1) is 13.8 Å². The number of carboxylic acids is 1. The van der Waals surface area contributed by atoms with E-state index in [2.05, 4.69) is 0 Å². The van der Waals surface area contributed by atoms with Crippen LogP contribution in [-0.4, -0.2) is 15.6 Å². The van der Waals surface area contributed by atoms with Gasteiger partial charge in [-0.05, 0) is 31.0 Å². The number of carboxylic acid groups (broad SMARTS) is 1. The fraction of sp³-hybridized carbons (Fsp3) is 0.200. The van der Waals surface area contributed by atoms with Crippen LogP contribution in [0.5, 0.6) is 0 Å². The van der Waals surface area contributed by atoms with Gasteiger partial charge in [0.15, 0.2) is 0 Å². The predicted molar refractivity (Wildman–Crippen MR) is 73.6 cm³/mol. The highest BCUT2D eigenvalue weighted by Gasteiger charge is 2.18. The summed E-state index contributed by atoms with van der Waals surface area (Å²) in [5.74, 6) is -1.20. The highest BCUT2D eigenvalue weighted by atomic mass is 16.4. The van der Waals surface area contributed by atoms with Gasteiger partial charge < -0.3 is 9.67 Å². The molecule has 0 fully saturated rings. The Labute approximate surface area is 110 Å². The monoisotopic (exact) mass is 257 g/mol. The fourth-order valence-electron chi connectivity index (χ4n) is 2.18. The number of carbonyl (C=O) groups is 1. The molecule has 2 aromatic rings. The number of pyridine rings is 1. The SMILES string of the molecule is Cc1ccc(-c2ccn(C)c(=O)c2C(=O)O)c(C)c1. The van der Waals surface area contributed by atoms with Crippen molar-refractivity contribution in [2.45, 2.75) is 13.8 Å². The lowest BCUT2D eigenvalue weighted by molar-refractivity contribution is 0.0695. The number of rotatable bonds is 2. The van der Waals surface area contributed by atoms with Crippen molar-refractivity contribution in [3.05, 3.63) is 57.5 Å². The number of aromatic nitrogens is 1. The van der Waals surface area contributed by atoms with E-state index >= 15 is 0 Å². The number of hydrogen-bond donors (Lipinski definition) is 1. The first-order valence-electron chi connectivity index (χ1n) is 5.92. The van der Waals surface area contributed by atoms with Crippen molar-refractivity contribution in [1.82, 2.24) is 4.57 Å². The Morgan fingerprint density at radius 3 is 2.42 bits per heavy atom. The Morgan fingerprint density at radius 1 is 1.16 bits per heavy atom. The van der Waals surface area contributed by atoms with Gasteiger partial charge in [0.2, 0.25) is 0 Å². The molecule has 1 aromatic carbocycles. The molecule has 0 unspecified atom stereocenters. The van der Waals surface area contributed by atoms with E-state index < -0.39 is 11.5 Å². The first-order chi connectivity index (χ1) is 8.91. The topological polar surface area (TPSA) is 59.3 Å². The number of benzene rings is 1. The average Bonchev–Trinajstić information content (AvgIpc) is 2.32. The van der Waals surface area contributed by atoms with Gasteiger partial charge in [-0.1, -0.05) is 23.8 Å². The van der Waals surface area contributed by atoms with Gasteiger partial charge in [0.05, 0.1) is 0 Å². The molecule has 4 nitrogen and oxygen atoms in total. The zero-order valence-corrected chi connectivity index (χ0v) is 11.1. The second-order valence-electron chi connectivity index (χ2n) is 4.64. The summed E-state index contributed by atoms with van der Waals surface area (Å²) >= 11 is 0. The Morgan fingerprint density at radius 2 is 1.84 bits per heavy atom. The maximum Gasteiger partial charge on any atom is 0.341 e. The van der Waals surface area contributed by atoms with Crippen molar-refractivity contribution in [3.63, 3.8) is 0 Å². The molecule has 1 heterocycles. The molecule has 19 heavy (non-hydrogen) atoms.